The van der Waals surface area contributed by atoms with Crippen molar-refractivity contribution >= 4 is 11.8 Å². The predicted octanol–water partition coefficient (Wildman–Crippen LogP) is 2.39. The summed E-state index contributed by atoms with van der Waals surface area (Å²) in [6.45, 7) is 2.45. The summed E-state index contributed by atoms with van der Waals surface area (Å²) < 4.78 is 11.1. The van der Waals surface area contributed by atoms with Crippen LogP contribution in [0.25, 0.3) is 0 Å². The second-order valence-electron chi connectivity index (χ2n) is 5.88. The number of nitrogens with two attached hydrogens (primary N) is 1. The Morgan fingerprint density at radius 3 is 2.85 bits per heavy atom. The third kappa shape index (κ3) is 5.73. The Balaban J connectivity index is 2.13. The molecule has 0 aliphatic rings. The van der Waals surface area contributed by atoms with Gasteiger partial charge in [-0.1, -0.05) is 19.8 Å². The maximum Gasteiger partial charge on any atom is 0.222 e. The van der Waals surface area contributed by atoms with Gasteiger partial charge in [-0.3, -0.25) is 4.98 Å². The van der Waals surface area contributed by atoms with Crippen LogP contribution in [-0.4, -0.2) is 39.8 Å². The first-order chi connectivity index (χ1) is 12.7. The minimum atomic E-state index is 0.0842. The standard InChI is InChI=1S/C18H27N5O3/c1-3-4-6-13(8-10-24)22-17-16(11-21-18(19)23-17)26-12-14-15(25-2)7-5-9-20-14/h5,7,9,11,13,24H,3-4,6,8,10,12H2,1-2H3,(H3,19,21,22,23)/t13-/m0/s1. The minimum absolute atomic E-state index is 0.0842. The van der Waals surface area contributed by atoms with Crippen molar-refractivity contribution in [3.63, 3.8) is 0 Å². The molecule has 2 aromatic rings. The molecule has 8 nitrogen and oxygen atoms in total. The van der Waals surface area contributed by atoms with E-state index in [-0.39, 0.29) is 25.2 Å². The summed E-state index contributed by atoms with van der Waals surface area (Å²) in [5, 5.41) is 12.6. The first-order valence-corrected chi connectivity index (χ1v) is 8.78. The average molecular weight is 361 g/mol. The Morgan fingerprint density at radius 1 is 1.27 bits per heavy atom. The molecule has 1 atom stereocenters. The smallest absolute Gasteiger partial charge is 0.222 e. The summed E-state index contributed by atoms with van der Waals surface area (Å²) in [4.78, 5) is 12.5. The molecule has 0 bridgehead atoms. The molecule has 0 fully saturated rings. The van der Waals surface area contributed by atoms with E-state index in [4.69, 9.17) is 15.2 Å². The molecular weight excluding hydrogens is 334 g/mol. The van der Waals surface area contributed by atoms with Gasteiger partial charge in [0.2, 0.25) is 5.95 Å². The largest absolute Gasteiger partial charge is 0.495 e. The fourth-order valence-electron chi connectivity index (χ4n) is 2.55. The van der Waals surface area contributed by atoms with Crippen LogP contribution in [0.5, 0.6) is 11.5 Å². The van der Waals surface area contributed by atoms with E-state index in [1.807, 2.05) is 6.07 Å². The Labute approximate surface area is 153 Å². The van der Waals surface area contributed by atoms with E-state index in [9.17, 15) is 5.11 Å². The topological polar surface area (TPSA) is 115 Å². The van der Waals surface area contributed by atoms with E-state index in [0.717, 1.165) is 19.3 Å². The Hall–Kier alpha value is -2.61. The highest BCUT2D eigenvalue weighted by atomic mass is 16.5. The summed E-state index contributed by atoms with van der Waals surface area (Å²) in [6.07, 6.45) is 6.90. The van der Waals surface area contributed by atoms with Gasteiger partial charge in [0.1, 0.15) is 18.1 Å². The number of methoxy groups -OCH3 is 1. The summed E-state index contributed by atoms with van der Waals surface area (Å²) in [5.74, 6) is 1.81. The minimum Gasteiger partial charge on any atom is -0.495 e. The van der Waals surface area contributed by atoms with Gasteiger partial charge in [0, 0.05) is 18.8 Å². The van der Waals surface area contributed by atoms with Gasteiger partial charge in [0.15, 0.2) is 11.6 Å². The van der Waals surface area contributed by atoms with Gasteiger partial charge in [-0.25, -0.2) is 4.98 Å². The SMILES string of the molecule is CCCC[C@@H](CCO)Nc1nc(N)ncc1OCc1ncccc1OC. The molecule has 26 heavy (non-hydrogen) atoms. The molecule has 2 aromatic heterocycles. The van der Waals surface area contributed by atoms with Gasteiger partial charge in [-0.15, -0.1) is 0 Å². The van der Waals surface area contributed by atoms with Gasteiger partial charge in [0.05, 0.1) is 13.3 Å². The van der Waals surface area contributed by atoms with E-state index < -0.39 is 0 Å². The molecule has 0 aliphatic heterocycles. The lowest BCUT2D eigenvalue weighted by Gasteiger charge is -2.20. The van der Waals surface area contributed by atoms with Gasteiger partial charge in [-0.2, -0.15) is 4.98 Å². The van der Waals surface area contributed by atoms with E-state index >= 15 is 0 Å². The molecule has 142 valence electrons. The van der Waals surface area contributed by atoms with Crippen molar-refractivity contribution in [3.05, 3.63) is 30.2 Å². The summed E-state index contributed by atoms with van der Waals surface area (Å²) >= 11 is 0. The van der Waals surface area contributed by atoms with Crippen LogP contribution in [0.15, 0.2) is 24.5 Å². The van der Waals surface area contributed by atoms with Crippen LogP contribution in [-0.2, 0) is 6.61 Å². The number of hydrogen-bond donors (Lipinski definition) is 3. The number of rotatable bonds is 11. The lowest BCUT2D eigenvalue weighted by Crippen LogP contribution is -2.22. The van der Waals surface area contributed by atoms with Gasteiger partial charge in [0.25, 0.3) is 0 Å². The van der Waals surface area contributed by atoms with Crippen LogP contribution in [0.1, 0.15) is 38.3 Å². The van der Waals surface area contributed by atoms with E-state index in [2.05, 4.69) is 27.2 Å². The van der Waals surface area contributed by atoms with Gasteiger partial charge in [-0.05, 0) is 25.0 Å². The zero-order chi connectivity index (χ0) is 18.8. The van der Waals surface area contributed by atoms with Crippen molar-refractivity contribution in [3.8, 4) is 11.5 Å². The van der Waals surface area contributed by atoms with Crippen molar-refractivity contribution in [2.45, 2.75) is 45.3 Å². The summed E-state index contributed by atoms with van der Waals surface area (Å²) in [7, 11) is 1.59. The number of aliphatic hydroxyl groups is 1. The Bertz CT molecular complexity index is 684. The molecule has 0 saturated carbocycles. The Morgan fingerprint density at radius 2 is 2.12 bits per heavy atom. The normalized spacial score (nSPS) is 11.8. The first-order valence-electron chi connectivity index (χ1n) is 8.78. The monoisotopic (exact) mass is 361 g/mol. The third-order valence-electron chi connectivity index (χ3n) is 3.93. The number of aliphatic hydroxyl groups excluding tert-OH is 1. The highest BCUT2D eigenvalue weighted by molar-refractivity contribution is 5.52. The highest BCUT2D eigenvalue weighted by Gasteiger charge is 2.15. The van der Waals surface area contributed by atoms with Crippen LogP contribution in [0.2, 0.25) is 0 Å². The molecule has 8 heteroatoms. The number of nitrogens with zero attached hydrogens (tertiary/aromatic N) is 3. The van der Waals surface area contributed by atoms with Crippen molar-refractivity contribution in [2.24, 2.45) is 0 Å². The quantitative estimate of drug-likeness (QED) is 0.559. The first kappa shape index (κ1) is 19.7. The summed E-state index contributed by atoms with van der Waals surface area (Å²) in [5.41, 5.74) is 6.41. The predicted molar refractivity (Wildman–Crippen MR) is 100 cm³/mol. The number of pyridine rings is 1. The van der Waals surface area contributed by atoms with Crippen LogP contribution in [0, 0.1) is 0 Å². The van der Waals surface area contributed by atoms with Crippen LogP contribution >= 0.6 is 0 Å². The molecule has 0 aromatic carbocycles. The summed E-state index contributed by atoms with van der Waals surface area (Å²) in [6, 6.07) is 3.71. The molecule has 0 amide bonds. The zero-order valence-electron chi connectivity index (χ0n) is 15.3. The molecule has 0 spiro atoms. The van der Waals surface area contributed by atoms with E-state index in [1.54, 1.807) is 19.4 Å². The fourth-order valence-corrected chi connectivity index (χ4v) is 2.55. The molecule has 2 heterocycles. The molecule has 2 rings (SSSR count). The second-order valence-corrected chi connectivity index (χ2v) is 5.88. The number of hydrogen-bond acceptors (Lipinski definition) is 8. The molecule has 0 unspecified atom stereocenters. The second kappa shape index (κ2) is 10.4. The van der Waals surface area contributed by atoms with Crippen molar-refractivity contribution in [1.82, 2.24) is 15.0 Å². The van der Waals surface area contributed by atoms with Crippen LogP contribution in [0.3, 0.4) is 0 Å². The third-order valence-corrected chi connectivity index (χ3v) is 3.93. The lowest BCUT2D eigenvalue weighted by molar-refractivity contribution is 0.274. The molecule has 0 radical (unpaired) electrons. The number of nitrogen functional groups attached to an aromatic ring is 1. The van der Waals surface area contributed by atoms with Crippen molar-refractivity contribution in [1.29, 1.82) is 0 Å². The zero-order valence-corrected chi connectivity index (χ0v) is 15.3. The fraction of sp³-hybridized carbons (Fsp3) is 0.500. The maximum absolute atomic E-state index is 9.30. The molecule has 0 saturated heterocycles. The number of unbranched alkanes of at least 4 members (excludes halogenated alkanes) is 1. The molecule has 0 aliphatic carbocycles. The molecular formula is C18H27N5O3. The maximum atomic E-state index is 9.30. The van der Waals surface area contributed by atoms with Crippen LogP contribution in [0.4, 0.5) is 11.8 Å². The van der Waals surface area contributed by atoms with Gasteiger partial charge >= 0.3 is 0 Å². The van der Waals surface area contributed by atoms with Crippen LogP contribution < -0.4 is 20.5 Å². The van der Waals surface area contributed by atoms with Crippen molar-refractivity contribution < 1.29 is 14.6 Å². The Kier molecular flexibility index (Phi) is 7.88. The highest BCUT2D eigenvalue weighted by Crippen LogP contribution is 2.26. The van der Waals surface area contributed by atoms with Crippen molar-refractivity contribution in [2.75, 3.05) is 24.8 Å². The molecule has 4 N–H and O–H groups in total. The number of aromatic nitrogens is 3. The number of nitrogens with one attached hydrogen (secondary N) is 1. The number of anilines is 2. The number of ether oxygens (including phenoxy) is 2. The van der Waals surface area contributed by atoms with E-state index in [0.29, 0.717) is 29.4 Å². The van der Waals surface area contributed by atoms with E-state index in [1.165, 1.54) is 6.20 Å². The lowest BCUT2D eigenvalue weighted by atomic mass is 10.1. The van der Waals surface area contributed by atoms with Gasteiger partial charge < -0.3 is 25.6 Å². The average Bonchev–Trinajstić information content (AvgIpc) is 2.66.